The molecule has 1 aromatic heterocycles. The number of amides is 1. The van der Waals surface area contributed by atoms with E-state index in [0.717, 1.165) is 18.2 Å². The van der Waals surface area contributed by atoms with E-state index in [1.54, 1.807) is 18.2 Å². The van der Waals surface area contributed by atoms with Gasteiger partial charge in [0.15, 0.2) is 5.76 Å². The Labute approximate surface area is 122 Å². The maximum atomic E-state index is 12.4. The Bertz CT molecular complexity index is 756. The van der Waals surface area contributed by atoms with Gasteiger partial charge in [-0.2, -0.15) is 0 Å². The summed E-state index contributed by atoms with van der Waals surface area (Å²) in [5.74, 6) is 2.92. The van der Waals surface area contributed by atoms with Crippen LogP contribution in [0.15, 0.2) is 28.7 Å². The lowest BCUT2D eigenvalue weighted by Gasteiger charge is -2.21. The SMILES string of the molecule is C#Cc1cc2cc(C(=O)N[C@@H]3C[C@H]4CC[C@@H]3N4)ccc2o1. The first-order chi connectivity index (χ1) is 10.2. The molecule has 1 aromatic carbocycles. The van der Waals surface area contributed by atoms with Gasteiger partial charge in [-0.3, -0.25) is 4.79 Å². The normalized spacial score (nSPS) is 26.9. The monoisotopic (exact) mass is 280 g/mol. The summed E-state index contributed by atoms with van der Waals surface area (Å²) in [4.78, 5) is 12.4. The Morgan fingerprint density at radius 3 is 3.00 bits per heavy atom. The third kappa shape index (κ3) is 2.10. The minimum atomic E-state index is -0.0280. The zero-order valence-electron chi connectivity index (χ0n) is 11.6. The Morgan fingerprint density at radius 1 is 1.38 bits per heavy atom. The first-order valence-corrected chi connectivity index (χ1v) is 7.30. The van der Waals surface area contributed by atoms with Crippen LogP contribution in [0, 0.1) is 12.3 Å². The van der Waals surface area contributed by atoms with Crippen LogP contribution in [0.1, 0.15) is 35.4 Å². The molecule has 4 rings (SSSR count). The zero-order valence-corrected chi connectivity index (χ0v) is 11.6. The van der Waals surface area contributed by atoms with Crippen LogP contribution in [0.5, 0.6) is 0 Å². The largest absolute Gasteiger partial charge is 0.448 e. The van der Waals surface area contributed by atoms with E-state index in [2.05, 4.69) is 16.6 Å². The van der Waals surface area contributed by atoms with E-state index < -0.39 is 0 Å². The molecule has 0 radical (unpaired) electrons. The van der Waals surface area contributed by atoms with Gasteiger partial charge in [0.05, 0.1) is 0 Å². The average Bonchev–Trinajstić information content (AvgIpc) is 3.20. The van der Waals surface area contributed by atoms with E-state index in [4.69, 9.17) is 10.8 Å². The third-order valence-electron chi connectivity index (χ3n) is 4.54. The molecular formula is C17H16N2O2. The van der Waals surface area contributed by atoms with Gasteiger partial charge < -0.3 is 15.1 Å². The van der Waals surface area contributed by atoms with Crippen molar-refractivity contribution in [3.05, 3.63) is 35.6 Å². The van der Waals surface area contributed by atoms with Crippen molar-refractivity contribution in [1.82, 2.24) is 10.6 Å². The number of carbonyl (C=O) groups excluding carboxylic acids is 1. The molecule has 0 spiro atoms. The molecule has 2 N–H and O–H groups in total. The van der Waals surface area contributed by atoms with Gasteiger partial charge in [-0.15, -0.1) is 6.42 Å². The lowest BCUT2D eigenvalue weighted by atomic mass is 9.95. The minimum Gasteiger partial charge on any atom is -0.448 e. The van der Waals surface area contributed by atoms with Crippen LogP contribution in [-0.2, 0) is 0 Å². The van der Waals surface area contributed by atoms with E-state index in [0.29, 0.717) is 29.0 Å². The molecule has 3 atom stereocenters. The van der Waals surface area contributed by atoms with Crippen LogP contribution in [0.4, 0.5) is 0 Å². The van der Waals surface area contributed by atoms with Crippen molar-refractivity contribution in [2.75, 3.05) is 0 Å². The molecule has 21 heavy (non-hydrogen) atoms. The summed E-state index contributed by atoms with van der Waals surface area (Å²) < 4.78 is 5.45. The first-order valence-electron chi connectivity index (χ1n) is 7.30. The maximum absolute atomic E-state index is 12.4. The molecule has 2 aliphatic rings. The van der Waals surface area contributed by atoms with Crippen LogP contribution < -0.4 is 10.6 Å². The van der Waals surface area contributed by atoms with Crippen molar-refractivity contribution in [1.29, 1.82) is 0 Å². The van der Waals surface area contributed by atoms with E-state index in [1.165, 1.54) is 6.42 Å². The van der Waals surface area contributed by atoms with Crippen molar-refractivity contribution in [2.45, 2.75) is 37.4 Å². The number of hydrogen-bond acceptors (Lipinski definition) is 3. The molecular weight excluding hydrogens is 264 g/mol. The summed E-state index contributed by atoms with van der Waals surface area (Å²) in [6.45, 7) is 0. The van der Waals surface area contributed by atoms with E-state index >= 15 is 0 Å². The summed E-state index contributed by atoms with van der Waals surface area (Å²) in [6, 6.07) is 8.45. The van der Waals surface area contributed by atoms with Gasteiger partial charge in [0, 0.05) is 35.1 Å². The van der Waals surface area contributed by atoms with E-state index in [9.17, 15) is 4.79 Å². The maximum Gasteiger partial charge on any atom is 0.251 e. The number of fused-ring (bicyclic) bond motifs is 3. The molecule has 106 valence electrons. The number of benzene rings is 1. The highest BCUT2D eigenvalue weighted by molar-refractivity contribution is 5.98. The molecule has 2 saturated heterocycles. The standard InChI is InChI=1S/C17H16N2O2/c1-2-13-8-11-7-10(3-6-16(11)21-13)17(20)19-15-9-12-4-5-14(15)18-12/h1,3,6-8,12,14-15,18H,4-5,9H2,(H,19,20)/t12-,14+,15-/m1/s1. The summed E-state index contributed by atoms with van der Waals surface area (Å²) >= 11 is 0. The highest BCUT2D eigenvalue weighted by atomic mass is 16.3. The molecule has 4 heteroatoms. The molecule has 2 fully saturated rings. The Kier molecular flexibility index (Phi) is 2.76. The van der Waals surface area contributed by atoms with E-state index in [1.807, 2.05) is 6.07 Å². The topological polar surface area (TPSA) is 54.3 Å². The molecule has 1 amide bonds. The van der Waals surface area contributed by atoms with Gasteiger partial charge in [-0.1, -0.05) is 0 Å². The molecule has 2 aromatic rings. The minimum absolute atomic E-state index is 0.0280. The second kappa shape index (κ2) is 4.64. The highest BCUT2D eigenvalue weighted by Crippen LogP contribution is 2.28. The lowest BCUT2D eigenvalue weighted by Crippen LogP contribution is -2.42. The van der Waals surface area contributed by atoms with Crippen LogP contribution in [0.25, 0.3) is 11.0 Å². The van der Waals surface area contributed by atoms with Gasteiger partial charge in [0.25, 0.3) is 5.91 Å². The van der Waals surface area contributed by atoms with Crippen LogP contribution in [0.3, 0.4) is 0 Å². The second-order valence-corrected chi connectivity index (χ2v) is 5.87. The first kappa shape index (κ1) is 12.5. The lowest BCUT2D eigenvalue weighted by molar-refractivity contribution is 0.0931. The predicted molar refractivity (Wildman–Crippen MR) is 80.0 cm³/mol. The number of terminal acetylenes is 1. The van der Waals surface area contributed by atoms with Gasteiger partial charge in [-0.25, -0.2) is 0 Å². The van der Waals surface area contributed by atoms with E-state index in [-0.39, 0.29) is 11.9 Å². The highest BCUT2D eigenvalue weighted by Gasteiger charge is 2.39. The van der Waals surface area contributed by atoms with Gasteiger partial charge in [0.1, 0.15) is 5.58 Å². The van der Waals surface area contributed by atoms with Crippen molar-refractivity contribution < 1.29 is 9.21 Å². The van der Waals surface area contributed by atoms with Gasteiger partial charge in [-0.05, 0) is 43.4 Å². The molecule has 0 saturated carbocycles. The van der Waals surface area contributed by atoms with Crippen molar-refractivity contribution in [3.8, 4) is 12.3 Å². The number of carbonyl (C=O) groups is 1. The van der Waals surface area contributed by atoms with Crippen molar-refractivity contribution in [3.63, 3.8) is 0 Å². The predicted octanol–water partition coefficient (Wildman–Crippen LogP) is 2.04. The molecule has 4 nitrogen and oxygen atoms in total. The van der Waals surface area contributed by atoms with Crippen LogP contribution in [0.2, 0.25) is 0 Å². The van der Waals surface area contributed by atoms with Gasteiger partial charge in [0.2, 0.25) is 0 Å². The van der Waals surface area contributed by atoms with Gasteiger partial charge >= 0.3 is 0 Å². The fourth-order valence-electron chi connectivity index (χ4n) is 3.49. The molecule has 2 bridgehead atoms. The average molecular weight is 280 g/mol. The number of furan rings is 1. The van der Waals surface area contributed by atoms with Crippen molar-refractivity contribution in [2.24, 2.45) is 0 Å². The summed E-state index contributed by atoms with van der Waals surface area (Å²) in [7, 11) is 0. The number of rotatable bonds is 2. The Balaban J connectivity index is 1.55. The smallest absolute Gasteiger partial charge is 0.251 e. The number of hydrogen-bond donors (Lipinski definition) is 2. The molecule has 0 unspecified atom stereocenters. The van der Waals surface area contributed by atoms with Crippen LogP contribution >= 0.6 is 0 Å². The van der Waals surface area contributed by atoms with Crippen LogP contribution in [-0.4, -0.2) is 24.0 Å². The quantitative estimate of drug-likeness (QED) is 0.828. The summed E-state index contributed by atoms with van der Waals surface area (Å²) in [6.07, 6.45) is 8.74. The molecule has 0 aliphatic carbocycles. The Hall–Kier alpha value is -2.25. The fourth-order valence-corrected chi connectivity index (χ4v) is 3.49. The number of nitrogens with one attached hydrogen (secondary N) is 2. The third-order valence-corrected chi connectivity index (χ3v) is 4.54. The Morgan fingerprint density at radius 2 is 2.29 bits per heavy atom. The fraction of sp³-hybridized carbons (Fsp3) is 0.353. The molecule has 3 heterocycles. The second-order valence-electron chi connectivity index (χ2n) is 5.87. The van der Waals surface area contributed by atoms with Crippen molar-refractivity contribution >= 4 is 16.9 Å². The summed E-state index contributed by atoms with van der Waals surface area (Å²) in [5.41, 5.74) is 1.36. The molecule has 2 aliphatic heterocycles. The zero-order chi connectivity index (χ0) is 14.4. The summed E-state index contributed by atoms with van der Waals surface area (Å²) in [5, 5.41) is 7.53.